The Bertz CT molecular complexity index is 643. The second-order valence-corrected chi connectivity index (χ2v) is 9.74. The predicted octanol–water partition coefficient (Wildman–Crippen LogP) is 2.72. The maximum atomic E-state index is 13.7. The molecule has 1 amide bonds. The minimum Gasteiger partial charge on any atom is -0.467 e. The van der Waals surface area contributed by atoms with Gasteiger partial charge in [-0.05, 0) is 51.9 Å². The molecular formula is C24H41NO7. The Kier molecular flexibility index (Phi) is 11.4. The van der Waals surface area contributed by atoms with Crippen LogP contribution in [0.3, 0.4) is 0 Å². The first-order valence-electron chi connectivity index (χ1n) is 11.3. The van der Waals surface area contributed by atoms with E-state index in [2.05, 4.69) is 13.5 Å². The number of aliphatic hydroxyl groups is 1. The lowest BCUT2D eigenvalue weighted by atomic mass is 9.81. The summed E-state index contributed by atoms with van der Waals surface area (Å²) >= 11 is 0. The van der Waals surface area contributed by atoms with Gasteiger partial charge in [0.25, 0.3) is 0 Å². The van der Waals surface area contributed by atoms with Crippen molar-refractivity contribution in [3.63, 3.8) is 0 Å². The molecule has 8 nitrogen and oxygen atoms in total. The molecule has 0 saturated carbocycles. The number of amides is 1. The Hall–Kier alpha value is -1.93. The molecule has 1 fully saturated rings. The standard InChI is InChI=1S/C24H41NO7/c1-8-9-10-16(2)11-17(15-30-6)19(13-21(27)32-24(3,4)5)22(28)25-14-18(26)12-20(25)23(29)31-7/h8,16-20,26H,1,9-15H2,2-7H3/t16?,17-,18+,19-,20-/m0/s1. The van der Waals surface area contributed by atoms with Crippen LogP contribution in [0.15, 0.2) is 12.7 Å². The smallest absolute Gasteiger partial charge is 0.328 e. The summed E-state index contributed by atoms with van der Waals surface area (Å²) in [5, 5.41) is 10.1. The van der Waals surface area contributed by atoms with Crippen molar-refractivity contribution in [2.75, 3.05) is 27.4 Å². The minimum absolute atomic E-state index is 0.0230. The maximum Gasteiger partial charge on any atom is 0.328 e. The first-order chi connectivity index (χ1) is 14.9. The van der Waals surface area contributed by atoms with E-state index in [4.69, 9.17) is 14.2 Å². The zero-order chi connectivity index (χ0) is 24.5. The summed E-state index contributed by atoms with van der Waals surface area (Å²) in [6, 6.07) is -0.870. The van der Waals surface area contributed by atoms with Gasteiger partial charge in [0.2, 0.25) is 5.91 Å². The van der Waals surface area contributed by atoms with E-state index in [0.29, 0.717) is 6.42 Å². The highest BCUT2D eigenvalue weighted by atomic mass is 16.6. The summed E-state index contributed by atoms with van der Waals surface area (Å²) in [6.45, 7) is 11.5. The van der Waals surface area contributed by atoms with Crippen molar-refractivity contribution >= 4 is 17.8 Å². The molecule has 32 heavy (non-hydrogen) atoms. The van der Waals surface area contributed by atoms with Crippen molar-refractivity contribution in [1.29, 1.82) is 0 Å². The van der Waals surface area contributed by atoms with E-state index in [1.54, 1.807) is 27.9 Å². The van der Waals surface area contributed by atoms with Crippen molar-refractivity contribution in [2.24, 2.45) is 17.8 Å². The van der Waals surface area contributed by atoms with Crippen molar-refractivity contribution in [2.45, 2.75) is 77.5 Å². The molecule has 8 heteroatoms. The molecule has 1 saturated heterocycles. The molecule has 0 aromatic heterocycles. The van der Waals surface area contributed by atoms with E-state index in [-0.39, 0.29) is 43.7 Å². The second-order valence-electron chi connectivity index (χ2n) is 9.74. The molecule has 0 aromatic rings. The quantitative estimate of drug-likeness (QED) is 0.356. The number of methoxy groups -OCH3 is 2. The van der Waals surface area contributed by atoms with Crippen molar-refractivity contribution < 1.29 is 33.7 Å². The molecule has 184 valence electrons. The van der Waals surface area contributed by atoms with Crippen LogP contribution in [-0.2, 0) is 28.6 Å². The van der Waals surface area contributed by atoms with Crippen LogP contribution in [0.4, 0.5) is 0 Å². The average molecular weight is 456 g/mol. The number of likely N-dealkylation sites (tertiary alicyclic amines) is 1. The van der Waals surface area contributed by atoms with E-state index < -0.39 is 35.6 Å². The number of rotatable bonds is 12. The first kappa shape index (κ1) is 28.1. The zero-order valence-corrected chi connectivity index (χ0v) is 20.5. The molecule has 1 rings (SSSR count). The third kappa shape index (κ3) is 8.90. The molecule has 0 bridgehead atoms. The summed E-state index contributed by atoms with van der Waals surface area (Å²) in [4.78, 5) is 40.0. The van der Waals surface area contributed by atoms with Gasteiger partial charge in [-0.1, -0.05) is 13.0 Å². The van der Waals surface area contributed by atoms with Crippen LogP contribution in [0, 0.1) is 17.8 Å². The van der Waals surface area contributed by atoms with Gasteiger partial charge in [-0.15, -0.1) is 6.58 Å². The van der Waals surface area contributed by atoms with Crippen LogP contribution in [0.1, 0.15) is 59.8 Å². The summed E-state index contributed by atoms with van der Waals surface area (Å²) in [5.41, 5.74) is -0.683. The minimum atomic E-state index is -0.870. The Labute approximate surface area is 192 Å². The molecule has 1 aliphatic heterocycles. The Morgan fingerprint density at radius 1 is 1.25 bits per heavy atom. The highest BCUT2D eigenvalue weighted by molar-refractivity contribution is 5.89. The van der Waals surface area contributed by atoms with Gasteiger partial charge in [0.15, 0.2) is 0 Å². The van der Waals surface area contributed by atoms with E-state index >= 15 is 0 Å². The van der Waals surface area contributed by atoms with E-state index in [1.807, 2.05) is 6.08 Å². The summed E-state index contributed by atoms with van der Waals surface area (Å²) < 4.78 is 15.7. The number of hydrogen-bond acceptors (Lipinski definition) is 7. The third-order valence-electron chi connectivity index (χ3n) is 5.68. The van der Waals surface area contributed by atoms with Crippen molar-refractivity contribution in [3.8, 4) is 0 Å². The van der Waals surface area contributed by atoms with E-state index in [0.717, 1.165) is 12.8 Å². The SMILES string of the molecule is C=CCCC(C)C[C@@H](COC)[C@H](CC(=O)OC(C)(C)C)C(=O)N1C[C@H](O)C[C@H]1C(=O)OC. The lowest BCUT2D eigenvalue weighted by Gasteiger charge is -2.33. The normalized spacial score (nSPS) is 21.5. The highest BCUT2D eigenvalue weighted by Crippen LogP contribution is 2.31. The number of nitrogens with zero attached hydrogens (tertiary/aromatic N) is 1. The number of ether oxygens (including phenoxy) is 3. The van der Waals surface area contributed by atoms with Crippen LogP contribution in [0.5, 0.6) is 0 Å². The highest BCUT2D eigenvalue weighted by Gasteiger charge is 2.44. The number of esters is 2. The molecule has 0 spiro atoms. The van der Waals surface area contributed by atoms with Crippen molar-refractivity contribution in [1.82, 2.24) is 4.90 Å². The molecule has 0 aromatic carbocycles. The van der Waals surface area contributed by atoms with Crippen LogP contribution >= 0.6 is 0 Å². The molecule has 1 aliphatic rings. The number of hydrogen-bond donors (Lipinski definition) is 1. The zero-order valence-electron chi connectivity index (χ0n) is 20.5. The van der Waals surface area contributed by atoms with Crippen LogP contribution in [0.25, 0.3) is 0 Å². The van der Waals surface area contributed by atoms with E-state index in [9.17, 15) is 19.5 Å². The fraction of sp³-hybridized carbons (Fsp3) is 0.792. The first-order valence-corrected chi connectivity index (χ1v) is 11.3. The maximum absolute atomic E-state index is 13.7. The number of carbonyl (C=O) groups excluding carboxylic acids is 3. The Morgan fingerprint density at radius 2 is 1.91 bits per heavy atom. The molecule has 5 atom stereocenters. The van der Waals surface area contributed by atoms with Crippen LogP contribution in [-0.4, -0.2) is 73.0 Å². The lowest BCUT2D eigenvalue weighted by molar-refractivity contribution is -0.161. The predicted molar refractivity (Wildman–Crippen MR) is 121 cm³/mol. The summed E-state index contributed by atoms with van der Waals surface area (Å²) in [7, 11) is 2.82. The Morgan fingerprint density at radius 3 is 2.44 bits per heavy atom. The second kappa shape index (κ2) is 12.9. The molecule has 0 radical (unpaired) electrons. The fourth-order valence-corrected chi connectivity index (χ4v) is 4.25. The Balaban J connectivity index is 3.20. The van der Waals surface area contributed by atoms with Gasteiger partial charge in [0, 0.05) is 26.7 Å². The van der Waals surface area contributed by atoms with Gasteiger partial charge in [-0.25, -0.2) is 4.79 Å². The number of β-amino-alcohol motifs (C(OH)–C–C–N with tert-alkyl or cyclic N) is 1. The van der Waals surface area contributed by atoms with E-state index in [1.165, 1.54) is 12.0 Å². The van der Waals surface area contributed by atoms with Crippen LogP contribution < -0.4 is 0 Å². The monoisotopic (exact) mass is 455 g/mol. The summed E-state index contributed by atoms with van der Waals surface area (Å²) in [6.07, 6.45) is 3.45. The molecular weight excluding hydrogens is 414 g/mol. The third-order valence-corrected chi connectivity index (χ3v) is 5.68. The molecule has 0 aliphatic carbocycles. The number of aliphatic hydroxyl groups excluding tert-OH is 1. The topological polar surface area (TPSA) is 102 Å². The fourth-order valence-electron chi connectivity index (χ4n) is 4.25. The van der Waals surface area contributed by atoms with Crippen LogP contribution in [0.2, 0.25) is 0 Å². The average Bonchev–Trinajstić information content (AvgIpc) is 3.09. The molecule has 1 heterocycles. The van der Waals surface area contributed by atoms with Crippen molar-refractivity contribution in [3.05, 3.63) is 12.7 Å². The number of carbonyl (C=O) groups is 3. The number of allylic oxidation sites excluding steroid dienone is 1. The van der Waals surface area contributed by atoms with Gasteiger partial charge < -0.3 is 24.2 Å². The van der Waals surface area contributed by atoms with Gasteiger partial charge in [0.1, 0.15) is 11.6 Å². The summed E-state index contributed by atoms with van der Waals surface area (Å²) in [5.74, 6) is -2.13. The van der Waals surface area contributed by atoms with Gasteiger partial charge in [0.05, 0.1) is 25.6 Å². The van der Waals surface area contributed by atoms with Gasteiger partial charge >= 0.3 is 11.9 Å². The largest absolute Gasteiger partial charge is 0.467 e. The molecule has 1 N–H and O–H groups in total. The molecule has 1 unspecified atom stereocenters. The lowest BCUT2D eigenvalue weighted by Crippen LogP contribution is -2.47. The van der Waals surface area contributed by atoms with Gasteiger partial charge in [-0.2, -0.15) is 0 Å². The van der Waals surface area contributed by atoms with Gasteiger partial charge in [-0.3, -0.25) is 9.59 Å².